The zero-order chi connectivity index (χ0) is 17.3. The first-order chi connectivity index (χ1) is 11.5. The van der Waals surface area contributed by atoms with E-state index in [1.54, 1.807) is 23.1 Å². The SMILES string of the molecule is CCCN1C(=O)C(Cc2cc(C)ccc2C)Oc2cc(O)ccc21. The molecule has 0 aromatic heterocycles. The first-order valence-electron chi connectivity index (χ1n) is 8.36. The lowest BCUT2D eigenvalue weighted by Gasteiger charge is -2.34. The highest BCUT2D eigenvalue weighted by atomic mass is 16.5. The molecule has 1 N–H and O–H groups in total. The van der Waals surface area contributed by atoms with Gasteiger partial charge in [0.25, 0.3) is 5.91 Å². The molecule has 0 saturated carbocycles. The van der Waals surface area contributed by atoms with E-state index in [2.05, 4.69) is 18.2 Å². The lowest BCUT2D eigenvalue weighted by Crippen LogP contribution is -2.47. The minimum atomic E-state index is -0.564. The van der Waals surface area contributed by atoms with E-state index in [0.29, 0.717) is 18.7 Å². The zero-order valence-electron chi connectivity index (χ0n) is 14.4. The molecule has 2 aromatic rings. The fourth-order valence-electron chi connectivity index (χ4n) is 3.12. The number of carbonyl (C=O) groups is 1. The van der Waals surface area contributed by atoms with Crippen LogP contribution in [0.25, 0.3) is 0 Å². The van der Waals surface area contributed by atoms with Crippen molar-refractivity contribution in [2.75, 3.05) is 11.4 Å². The number of benzene rings is 2. The predicted molar refractivity (Wildman–Crippen MR) is 94.8 cm³/mol. The number of carbonyl (C=O) groups excluding carboxylic acids is 1. The molecule has 1 amide bonds. The molecule has 126 valence electrons. The van der Waals surface area contributed by atoms with E-state index < -0.39 is 6.10 Å². The van der Waals surface area contributed by atoms with Crippen LogP contribution >= 0.6 is 0 Å². The molecule has 1 atom stereocenters. The van der Waals surface area contributed by atoms with Crippen molar-refractivity contribution in [1.82, 2.24) is 0 Å². The maximum absolute atomic E-state index is 12.9. The van der Waals surface area contributed by atoms with Crippen molar-refractivity contribution in [3.63, 3.8) is 0 Å². The molecular formula is C20H23NO3. The summed E-state index contributed by atoms with van der Waals surface area (Å²) in [5.74, 6) is 0.694. The average molecular weight is 325 g/mol. The van der Waals surface area contributed by atoms with Crippen LogP contribution in [0.15, 0.2) is 36.4 Å². The highest BCUT2D eigenvalue weighted by Crippen LogP contribution is 2.37. The maximum atomic E-state index is 12.9. The molecule has 1 aliphatic heterocycles. The first kappa shape index (κ1) is 16.4. The van der Waals surface area contributed by atoms with Gasteiger partial charge in [0.2, 0.25) is 0 Å². The third-order valence-electron chi connectivity index (χ3n) is 4.40. The normalized spacial score (nSPS) is 16.7. The van der Waals surface area contributed by atoms with Gasteiger partial charge in [-0.3, -0.25) is 4.79 Å². The summed E-state index contributed by atoms with van der Waals surface area (Å²) in [4.78, 5) is 14.7. The number of nitrogens with zero attached hydrogens (tertiary/aromatic N) is 1. The van der Waals surface area contributed by atoms with Crippen LogP contribution in [0.3, 0.4) is 0 Å². The quantitative estimate of drug-likeness (QED) is 0.931. The molecule has 0 saturated heterocycles. The second-order valence-electron chi connectivity index (χ2n) is 6.38. The largest absolute Gasteiger partial charge is 0.508 e. The molecule has 2 aromatic carbocycles. The Balaban J connectivity index is 1.94. The predicted octanol–water partition coefficient (Wildman–Crippen LogP) is 3.76. The summed E-state index contributed by atoms with van der Waals surface area (Å²) in [6.45, 7) is 6.78. The van der Waals surface area contributed by atoms with E-state index in [4.69, 9.17) is 4.74 Å². The van der Waals surface area contributed by atoms with Gasteiger partial charge in [0.15, 0.2) is 6.10 Å². The lowest BCUT2D eigenvalue weighted by molar-refractivity contribution is -0.126. The number of anilines is 1. The number of rotatable bonds is 4. The standard InChI is InChI=1S/C20H23NO3/c1-4-9-21-17-8-7-16(22)12-18(17)24-19(20(21)23)11-15-10-13(2)5-6-14(15)3/h5-8,10,12,19,22H,4,9,11H2,1-3H3. The third-order valence-corrected chi connectivity index (χ3v) is 4.40. The molecule has 4 heteroatoms. The Bertz CT molecular complexity index is 769. The molecule has 24 heavy (non-hydrogen) atoms. The Morgan fingerprint density at radius 3 is 2.71 bits per heavy atom. The van der Waals surface area contributed by atoms with Crippen LogP contribution in [0.2, 0.25) is 0 Å². The third kappa shape index (κ3) is 3.09. The Labute approximate surface area is 142 Å². The number of aromatic hydroxyl groups is 1. The minimum Gasteiger partial charge on any atom is -0.508 e. The van der Waals surface area contributed by atoms with Gasteiger partial charge in [0.05, 0.1) is 5.69 Å². The molecule has 0 aliphatic carbocycles. The van der Waals surface area contributed by atoms with E-state index in [1.807, 2.05) is 20.8 Å². The molecule has 0 fully saturated rings. The fourth-order valence-corrected chi connectivity index (χ4v) is 3.12. The number of fused-ring (bicyclic) bond motifs is 1. The van der Waals surface area contributed by atoms with Crippen LogP contribution in [0.5, 0.6) is 11.5 Å². The smallest absolute Gasteiger partial charge is 0.268 e. The summed E-state index contributed by atoms with van der Waals surface area (Å²) >= 11 is 0. The topological polar surface area (TPSA) is 49.8 Å². The molecule has 0 bridgehead atoms. The second kappa shape index (κ2) is 6.56. The van der Waals surface area contributed by atoms with Gasteiger partial charge in [-0.15, -0.1) is 0 Å². The van der Waals surface area contributed by atoms with Gasteiger partial charge in [-0.1, -0.05) is 30.7 Å². The molecule has 1 heterocycles. The maximum Gasteiger partial charge on any atom is 0.268 e. The Morgan fingerprint density at radius 2 is 1.96 bits per heavy atom. The van der Waals surface area contributed by atoms with Crippen molar-refractivity contribution in [2.24, 2.45) is 0 Å². The summed E-state index contributed by atoms with van der Waals surface area (Å²) in [6, 6.07) is 11.2. The van der Waals surface area contributed by atoms with Gasteiger partial charge in [-0.25, -0.2) is 0 Å². The van der Waals surface area contributed by atoms with Gasteiger partial charge in [0, 0.05) is 19.0 Å². The number of amides is 1. The van der Waals surface area contributed by atoms with Crippen molar-refractivity contribution in [2.45, 2.75) is 39.7 Å². The molecule has 1 aliphatic rings. The van der Waals surface area contributed by atoms with Gasteiger partial charge in [-0.05, 0) is 43.5 Å². The van der Waals surface area contributed by atoms with Crippen LogP contribution in [0.4, 0.5) is 5.69 Å². The van der Waals surface area contributed by atoms with Crippen molar-refractivity contribution < 1.29 is 14.6 Å². The number of hydrogen-bond donors (Lipinski definition) is 1. The van der Waals surface area contributed by atoms with E-state index >= 15 is 0 Å². The molecule has 3 rings (SSSR count). The van der Waals surface area contributed by atoms with E-state index in [0.717, 1.165) is 23.2 Å². The number of phenols is 1. The second-order valence-corrected chi connectivity index (χ2v) is 6.38. The number of phenolic OH excluding ortho intramolecular Hbond substituents is 1. The van der Waals surface area contributed by atoms with Crippen molar-refractivity contribution in [3.05, 3.63) is 53.1 Å². The Hall–Kier alpha value is -2.49. The van der Waals surface area contributed by atoms with Gasteiger partial charge < -0.3 is 14.7 Å². The summed E-state index contributed by atoms with van der Waals surface area (Å²) in [5, 5.41) is 9.74. The highest BCUT2D eigenvalue weighted by Gasteiger charge is 2.34. The van der Waals surface area contributed by atoms with Crippen LogP contribution in [-0.2, 0) is 11.2 Å². The van der Waals surface area contributed by atoms with E-state index in [9.17, 15) is 9.90 Å². The summed E-state index contributed by atoms with van der Waals surface area (Å²) in [7, 11) is 0. The van der Waals surface area contributed by atoms with E-state index in [1.165, 1.54) is 5.56 Å². The number of aryl methyl sites for hydroxylation is 2. The summed E-state index contributed by atoms with van der Waals surface area (Å²) < 4.78 is 5.95. The summed E-state index contributed by atoms with van der Waals surface area (Å²) in [6.07, 6.45) is 0.829. The molecule has 1 unspecified atom stereocenters. The monoisotopic (exact) mass is 325 g/mol. The average Bonchev–Trinajstić information content (AvgIpc) is 2.54. The molecule has 4 nitrogen and oxygen atoms in total. The summed E-state index contributed by atoms with van der Waals surface area (Å²) in [5.41, 5.74) is 4.17. The number of hydrogen-bond acceptors (Lipinski definition) is 3. The minimum absolute atomic E-state index is 0.0176. The Morgan fingerprint density at radius 1 is 1.17 bits per heavy atom. The highest BCUT2D eigenvalue weighted by molar-refractivity contribution is 6.00. The number of ether oxygens (including phenoxy) is 1. The molecule has 0 radical (unpaired) electrons. The van der Waals surface area contributed by atoms with Gasteiger partial charge in [0.1, 0.15) is 11.5 Å². The molecular weight excluding hydrogens is 302 g/mol. The van der Waals surface area contributed by atoms with Crippen LogP contribution in [0, 0.1) is 13.8 Å². The fraction of sp³-hybridized carbons (Fsp3) is 0.350. The van der Waals surface area contributed by atoms with E-state index in [-0.39, 0.29) is 11.7 Å². The zero-order valence-corrected chi connectivity index (χ0v) is 14.4. The van der Waals surface area contributed by atoms with Crippen molar-refractivity contribution in [3.8, 4) is 11.5 Å². The van der Waals surface area contributed by atoms with Gasteiger partial charge >= 0.3 is 0 Å². The van der Waals surface area contributed by atoms with Crippen molar-refractivity contribution >= 4 is 11.6 Å². The van der Waals surface area contributed by atoms with Gasteiger partial charge in [-0.2, -0.15) is 0 Å². The molecule has 0 spiro atoms. The Kier molecular flexibility index (Phi) is 4.47. The lowest BCUT2D eigenvalue weighted by atomic mass is 9.98. The van der Waals surface area contributed by atoms with Crippen molar-refractivity contribution in [1.29, 1.82) is 0 Å². The van der Waals surface area contributed by atoms with Crippen LogP contribution < -0.4 is 9.64 Å². The van der Waals surface area contributed by atoms with Crippen LogP contribution in [0.1, 0.15) is 30.0 Å². The first-order valence-corrected chi connectivity index (χ1v) is 8.36. The van der Waals surface area contributed by atoms with Crippen LogP contribution in [-0.4, -0.2) is 23.7 Å².